The lowest BCUT2D eigenvalue weighted by Gasteiger charge is -2.33. The van der Waals surface area contributed by atoms with Crippen LogP contribution in [-0.4, -0.2) is 45.3 Å². The first-order valence-corrected chi connectivity index (χ1v) is 11.2. The first kappa shape index (κ1) is 23.9. The summed E-state index contributed by atoms with van der Waals surface area (Å²) in [4.78, 5) is 27.3. The summed E-state index contributed by atoms with van der Waals surface area (Å²) >= 11 is 0. The van der Waals surface area contributed by atoms with Gasteiger partial charge in [0.2, 0.25) is 0 Å². The number of hydrogen-bond acceptors (Lipinski definition) is 6. The van der Waals surface area contributed by atoms with Crippen molar-refractivity contribution in [3.05, 3.63) is 71.8 Å². The molecule has 1 aliphatic rings. The van der Waals surface area contributed by atoms with Crippen LogP contribution in [0, 0.1) is 6.92 Å². The second kappa shape index (κ2) is 10.4. The number of anilines is 2. The third kappa shape index (κ3) is 5.48. The van der Waals surface area contributed by atoms with E-state index in [1.54, 1.807) is 48.2 Å². The fourth-order valence-electron chi connectivity index (χ4n) is 3.75. The van der Waals surface area contributed by atoms with Gasteiger partial charge in [-0.3, -0.25) is 9.59 Å². The summed E-state index contributed by atoms with van der Waals surface area (Å²) in [6, 6.07) is 17.9. The van der Waals surface area contributed by atoms with Gasteiger partial charge in [-0.2, -0.15) is 0 Å². The van der Waals surface area contributed by atoms with E-state index in [-0.39, 0.29) is 11.8 Å². The minimum Gasteiger partial charge on any atom is -0.497 e. The van der Waals surface area contributed by atoms with Gasteiger partial charge in [0, 0.05) is 23.4 Å². The molecule has 1 N–H and O–H groups in total. The van der Waals surface area contributed by atoms with Crippen LogP contribution in [0.25, 0.3) is 0 Å². The maximum absolute atomic E-state index is 12.9. The van der Waals surface area contributed by atoms with Crippen LogP contribution >= 0.6 is 0 Å². The van der Waals surface area contributed by atoms with E-state index in [0.29, 0.717) is 47.3 Å². The van der Waals surface area contributed by atoms with E-state index in [9.17, 15) is 9.59 Å². The van der Waals surface area contributed by atoms with Crippen LogP contribution in [0.15, 0.2) is 60.7 Å². The van der Waals surface area contributed by atoms with Crippen molar-refractivity contribution in [1.29, 1.82) is 0 Å². The number of hydrogen-bond donors (Lipinski definition) is 1. The third-order valence-corrected chi connectivity index (χ3v) is 5.64. The number of methoxy groups -OCH3 is 2. The molecule has 1 aliphatic heterocycles. The van der Waals surface area contributed by atoms with Crippen LogP contribution in [0.3, 0.4) is 0 Å². The van der Waals surface area contributed by atoms with E-state index < -0.39 is 6.10 Å². The molecule has 0 saturated heterocycles. The summed E-state index contributed by atoms with van der Waals surface area (Å²) in [5, 5.41) is 2.86. The summed E-state index contributed by atoms with van der Waals surface area (Å²) in [5.41, 5.74) is 2.70. The van der Waals surface area contributed by atoms with Crippen LogP contribution in [0.1, 0.15) is 22.8 Å². The van der Waals surface area contributed by atoms with E-state index in [4.69, 9.17) is 18.9 Å². The molecular formula is C27H28N2O6. The van der Waals surface area contributed by atoms with Crippen LogP contribution in [0.4, 0.5) is 11.4 Å². The molecule has 0 aromatic heterocycles. The highest BCUT2D eigenvalue weighted by atomic mass is 16.5. The van der Waals surface area contributed by atoms with Gasteiger partial charge in [-0.25, -0.2) is 0 Å². The molecular weight excluding hydrogens is 448 g/mol. The molecule has 1 unspecified atom stereocenters. The van der Waals surface area contributed by atoms with Crippen molar-refractivity contribution in [3.8, 4) is 23.0 Å². The predicted octanol–water partition coefficient (Wildman–Crippen LogP) is 4.46. The molecule has 2 amide bonds. The molecule has 1 atom stereocenters. The molecule has 0 fully saturated rings. The summed E-state index contributed by atoms with van der Waals surface area (Å²) in [6.45, 7) is 4.41. The Balaban J connectivity index is 1.48. The fraction of sp³-hybridized carbons (Fsp3) is 0.259. The molecule has 182 valence electrons. The number of nitrogens with one attached hydrogen (secondary N) is 1. The average molecular weight is 477 g/mol. The SMILES string of the molecule is COc1cc(OC)cc(C(=O)Nc2ccc3c(c2)OC(C)C(=O)N3CCOc2ccc(C)cc2)c1. The number of carbonyl (C=O) groups excluding carboxylic acids is 2. The zero-order valence-corrected chi connectivity index (χ0v) is 20.2. The summed E-state index contributed by atoms with van der Waals surface area (Å²) in [7, 11) is 3.05. The second-order valence-corrected chi connectivity index (χ2v) is 8.15. The zero-order valence-electron chi connectivity index (χ0n) is 20.2. The van der Waals surface area contributed by atoms with E-state index in [0.717, 1.165) is 11.3 Å². The molecule has 0 radical (unpaired) electrons. The Bertz CT molecular complexity index is 1200. The summed E-state index contributed by atoms with van der Waals surface area (Å²) < 4.78 is 22.1. The lowest BCUT2D eigenvalue weighted by molar-refractivity contribution is -0.125. The van der Waals surface area contributed by atoms with E-state index in [1.165, 1.54) is 14.2 Å². The van der Waals surface area contributed by atoms with E-state index in [1.807, 2.05) is 31.2 Å². The normalized spacial score (nSPS) is 14.6. The first-order valence-electron chi connectivity index (χ1n) is 11.2. The van der Waals surface area contributed by atoms with Crippen LogP contribution < -0.4 is 29.2 Å². The maximum atomic E-state index is 12.9. The van der Waals surface area contributed by atoms with Crippen molar-refractivity contribution in [3.63, 3.8) is 0 Å². The average Bonchev–Trinajstić information content (AvgIpc) is 2.87. The molecule has 0 saturated carbocycles. The number of fused-ring (bicyclic) bond motifs is 1. The largest absolute Gasteiger partial charge is 0.497 e. The van der Waals surface area contributed by atoms with Gasteiger partial charge in [-0.1, -0.05) is 17.7 Å². The highest BCUT2D eigenvalue weighted by Gasteiger charge is 2.31. The smallest absolute Gasteiger partial charge is 0.267 e. The molecule has 8 heteroatoms. The Kier molecular flexibility index (Phi) is 7.10. The number of amides is 2. The standard InChI is InChI=1S/C27H28N2O6/c1-17-5-8-21(9-6-17)34-12-11-29-24-10-7-20(15-25(24)35-18(2)27(29)31)28-26(30)19-13-22(32-3)16-23(14-19)33-4/h5-10,13-16,18H,11-12H2,1-4H3,(H,28,30). The van der Waals surface area contributed by atoms with Crippen molar-refractivity contribution < 1.29 is 28.5 Å². The summed E-state index contributed by atoms with van der Waals surface area (Å²) in [6.07, 6.45) is -0.657. The first-order chi connectivity index (χ1) is 16.9. The quantitative estimate of drug-likeness (QED) is 0.517. The van der Waals surface area contributed by atoms with Crippen LogP contribution in [0.5, 0.6) is 23.0 Å². The number of aryl methyl sites for hydroxylation is 1. The number of nitrogens with zero attached hydrogens (tertiary/aromatic N) is 1. The lowest BCUT2D eigenvalue weighted by Crippen LogP contribution is -2.46. The van der Waals surface area contributed by atoms with Gasteiger partial charge in [-0.05, 0) is 50.2 Å². The molecule has 1 heterocycles. The maximum Gasteiger partial charge on any atom is 0.267 e. The zero-order chi connectivity index (χ0) is 24.9. The van der Waals surface area contributed by atoms with Crippen molar-refractivity contribution >= 4 is 23.2 Å². The molecule has 3 aromatic rings. The number of carbonyl (C=O) groups is 2. The fourth-order valence-corrected chi connectivity index (χ4v) is 3.75. The number of rotatable bonds is 8. The van der Waals surface area contributed by atoms with Gasteiger partial charge in [-0.15, -0.1) is 0 Å². The Morgan fingerprint density at radius 2 is 1.66 bits per heavy atom. The van der Waals surface area contributed by atoms with Gasteiger partial charge in [0.25, 0.3) is 11.8 Å². The van der Waals surface area contributed by atoms with E-state index in [2.05, 4.69) is 5.32 Å². The Morgan fingerprint density at radius 1 is 0.971 bits per heavy atom. The Hall–Kier alpha value is -4.20. The molecule has 0 bridgehead atoms. The van der Waals surface area contributed by atoms with Gasteiger partial charge in [0.15, 0.2) is 6.10 Å². The van der Waals surface area contributed by atoms with Crippen molar-refractivity contribution in [2.45, 2.75) is 20.0 Å². The molecule has 0 spiro atoms. The predicted molar refractivity (Wildman–Crippen MR) is 133 cm³/mol. The van der Waals surface area contributed by atoms with Gasteiger partial charge in [0.1, 0.15) is 29.6 Å². The highest BCUT2D eigenvalue weighted by Crippen LogP contribution is 2.36. The minimum atomic E-state index is -0.657. The van der Waals surface area contributed by atoms with Gasteiger partial charge in [0.05, 0.1) is 26.5 Å². The molecule has 35 heavy (non-hydrogen) atoms. The van der Waals surface area contributed by atoms with Gasteiger partial charge < -0.3 is 29.2 Å². The number of benzene rings is 3. The number of ether oxygens (including phenoxy) is 4. The lowest BCUT2D eigenvalue weighted by atomic mass is 10.1. The summed E-state index contributed by atoms with van der Waals surface area (Å²) in [5.74, 6) is 1.80. The van der Waals surface area contributed by atoms with Crippen LogP contribution in [-0.2, 0) is 4.79 Å². The minimum absolute atomic E-state index is 0.148. The van der Waals surface area contributed by atoms with Crippen molar-refractivity contribution in [2.24, 2.45) is 0 Å². The van der Waals surface area contributed by atoms with Gasteiger partial charge >= 0.3 is 0 Å². The molecule has 4 rings (SSSR count). The molecule has 0 aliphatic carbocycles. The monoisotopic (exact) mass is 476 g/mol. The highest BCUT2D eigenvalue weighted by molar-refractivity contribution is 6.05. The molecule has 3 aromatic carbocycles. The van der Waals surface area contributed by atoms with Crippen molar-refractivity contribution in [1.82, 2.24) is 0 Å². The van der Waals surface area contributed by atoms with Crippen LogP contribution in [0.2, 0.25) is 0 Å². The van der Waals surface area contributed by atoms with E-state index >= 15 is 0 Å². The molecule has 8 nitrogen and oxygen atoms in total. The Morgan fingerprint density at radius 3 is 2.31 bits per heavy atom. The van der Waals surface area contributed by atoms with Crippen molar-refractivity contribution in [2.75, 3.05) is 37.6 Å². The third-order valence-electron chi connectivity index (χ3n) is 5.64. The topological polar surface area (TPSA) is 86.3 Å². The second-order valence-electron chi connectivity index (χ2n) is 8.15. The Labute approximate surface area is 204 Å².